The van der Waals surface area contributed by atoms with Crippen LogP contribution in [0.5, 0.6) is 0 Å². The molecular weight excluding hydrogens is 364 g/mol. The highest BCUT2D eigenvalue weighted by Gasteiger charge is 2.50. The van der Waals surface area contributed by atoms with Gasteiger partial charge < -0.3 is 15.0 Å². The first-order valence-electron chi connectivity index (χ1n) is 9.78. The Morgan fingerprint density at radius 3 is 2.41 bits per heavy atom. The molecule has 7 heteroatoms. The second-order valence-electron chi connectivity index (χ2n) is 7.61. The summed E-state index contributed by atoms with van der Waals surface area (Å²) in [6, 6.07) is 10.2. The van der Waals surface area contributed by atoms with Gasteiger partial charge in [-0.15, -0.1) is 0 Å². The van der Waals surface area contributed by atoms with E-state index in [9.17, 15) is 13.2 Å². The molecule has 0 bridgehead atoms. The fourth-order valence-corrected chi connectivity index (χ4v) is 5.47. The molecule has 0 spiro atoms. The number of piperidine rings is 2. The lowest BCUT2D eigenvalue weighted by Gasteiger charge is -2.41. The molecule has 1 aromatic carbocycles. The molecular formula is C20H30N2O4S. The Kier molecular flexibility index (Phi) is 6.55. The van der Waals surface area contributed by atoms with Gasteiger partial charge in [-0.1, -0.05) is 30.3 Å². The standard InChI is InChI=1S/C20H30N2O4S/c1-27(24,25)20(10-12-21-13-11-20)19(23)22-14-7-18(8-15-22)26-16-9-17-5-3-2-4-6-17/h2-6,18,21H,7-16H2,1H3. The van der Waals surface area contributed by atoms with Gasteiger partial charge in [-0.05, 0) is 50.8 Å². The first-order valence-corrected chi connectivity index (χ1v) is 11.7. The Morgan fingerprint density at radius 1 is 1.19 bits per heavy atom. The fourth-order valence-electron chi connectivity index (χ4n) is 4.08. The fraction of sp³-hybridized carbons (Fsp3) is 0.650. The summed E-state index contributed by atoms with van der Waals surface area (Å²) < 4.78 is 29.6. The van der Waals surface area contributed by atoms with E-state index in [0.29, 0.717) is 45.6 Å². The van der Waals surface area contributed by atoms with Crippen LogP contribution in [0.1, 0.15) is 31.2 Å². The van der Waals surface area contributed by atoms with E-state index in [1.807, 2.05) is 18.2 Å². The number of amides is 1. The number of likely N-dealkylation sites (tertiary alicyclic amines) is 1. The van der Waals surface area contributed by atoms with Crippen LogP contribution in [0.4, 0.5) is 0 Å². The summed E-state index contributed by atoms with van der Waals surface area (Å²) in [6.07, 6.45) is 4.47. The molecule has 2 aliphatic rings. The summed E-state index contributed by atoms with van der Waals surface area (Å²) in [6.45, 7) is 2.94. The monoisotopic (exact) mass is 394 g/mol. The van der Waals surface area contributed by atoms with Crippen molar-refractivity contribution in [2.45, 2.75) is 43.0 Å². The molecule has 0 radical (unpaired) electrons. The summed E-state index contributed by atoms with van der Waals surface area (Å²) in [5.74, 6) is -0.214. The number of sulfone groups is 1. The molecule has 0 aromatic heterocycles. The highest BCUT2D eigenvalue weighted by atomic mass is 32.2. The van der Waals surface area contributed by atoms with Crippen molar-refractivity contribution in [2.75, 3.05) is 39.0 Å². The van der Waals surface area contributed by atoms with Gasteiger partial charge >= 0.3 is 0 Å². The van der Waals surface area contributed by atoms with E-state index < -0.39 is 14.6 Å². The van der Waals surface area contributed by atoms with Crippen LogP contribution in [-0.2, 0) is 25.8 Å². The average molecular weight is 395 g/mol. The molecule has 0 aliphatic carbocycles. The third-order valence-electron chi connectivity index (χ3n) is 5.83. The van der Waals surface area contributed by atoms with E-state index in [0.717, 1.165) is 19.3 Å². The van der Waals surface area contributed by atoms with Crippen LogP contribution in [0.15, 0.2) is 30.3 Å². The maximum atomic E-state index is 13.1. The van der Waals surface area contributed by atoms with Crippen molar-refractivity contribution >= 4 is 15.7 Å². The molecule has 27 heavy (non-hydrogen) atoms. The number of rotatable bonds is 6. The van der Waals surface area contributed by atoms with Gasteiger partial charge in [0.05, 0.1) is 12.7 Å². The first kappa shape index (κ1) is 20.3. The van der Waals surface area contributed by atoms with Crippen molar-refractivity contribution < 1.29 is 17.9 Å². The van der Waals surface area contributed by atoms with E-state index >= 15 is 0 Å². The molecule has 3 rings (SSSR count). The van der Waals surface area contributed by atoms with E-state index in [2.05, 4.69) is 17.4 Å². The van der Waals surface area contributed by atoms with Crippen molar-refractivity contribution in [1.29, 1.82) is 0 Å². The third-order valence-corrected chi connectivity index (χ3v) is 7.83. The smallest absolute Gasteiger partial charge is 0.244 e. The van der Waals surface area contributed by atoms with E-state index in [4.69, 9.17) is 4.74 Å². The van der Waals surface area contributed by atoms with Crippen LogP contribution in [-0.4, -0.2) is 69.1 Å². The molecule has 150 valence electrons. The normalized spacial score (nSPS) is 21.1. The molecule has 0 atom stereocenters. The van der Waals surface area contributed by atoms with Crippen molar-refractivity contribution in [2.24, 2.45) is 0 Å². The average Bonchev–Trinajstić information content (AvgIpc) is 2.68. The largest absolute Gasteiger partial charge is 0.378 e. The lowest BCUT2D eigenvalue weighted by molar-refractivity contribution is -0.137. The van der Waals surface area contributed by atoms with Gasteiger partial charge in [-0.2, -0.15) is 0 Å². The molecule has 0 saturated carbocycles. The zero-order valence-electron chi connectivity index (χ0n) is 16.0. The van der Waals surface area contributed by atoms with E-state index in [1.54, 1.807) is 4.90 Å². The predicted molar refractivity (Wildman–Crippen MR) is 105 cm³/mol. The van der Waals surface area contributed by atoms with Crippen molar-refractivity contribution in [3.05, 3.63) is 35.9 Å². The van der Waals surface area contributed by atoms with E-state index in [1.165, 1.54) is 11.8 Å². The number of benzene rings is 1. The minimum atomic E-state index is -3.46. The molecule has 0 unspecified atom stereocenters. The lowest BCUT2D eigenvalue weighted by Crippen LogP contribution is -2.59. The quantitative estimate of drug-likeness (QED) is 0.789. The summed E-state index contributed by atoms with van der Waals surface area (Å²) >= 11 is 0. The first-order chi connectivity index (χ1) is 12.9. The minimum absolute atomic E-state index is 0.139. The van der Waals surface area contributed by atoms with Gasteiger partial charge in [-0.25, -0.2) is 8.42 Å². The van der Waals surface area contributed by atoms with Crippen molar-refractivity contribution in [3.8, 4) is 0 Å². The summed E-state index contributed by atoms with van der Waals surface area (Å²) in [4.78, 5) is 14.8. The zero-order valence-corrected chi connectivity index (χ0v) is 16.8. The number of nitrogens with zero attached hydrogens (tertiary/aromatic N) is 1. The minimum Gasteiger partial charge on any atom is -0.378 e. The number of hydrogen-bond acceptors (Lipinski definition) is 5. The number of hydrogen-bond donors (Lipinski definition) is 1. The van der Waals surface area contributed by atoms with Gasteiger partial charge in [0.25, 0.3) is 0 Å². The second kappa shape index (κ2) is 8.71. The van der Waals surface area contributed by atoms with E-state index in [-0.39, 0.29) is 12.0 Å². The van der Waals surface area contributed by atoms with Crippen molar-refractivity contribution in [3.63, 3.8) is 0 Å². The SMILES string of the molecule is CS(=O)(=O)C1(C(=O)N2CCC(OCCc3ccccc3)CC2)CCNCC1. The maximum Gasteiger partial charge on any atom is 0.244 e. The van der Waals surface area contributed by atoms with Gasteiger partial charge in [0.1, 0.15) is 0 Å². The van der Waals surface area contributed by atoms with Gasteiger partial charge in [0.15, 0.2) is 14.6 Å². The number of ether oxygens (including phenoxy) is 1. The summed E-state index contributed by atoms with van der Waals surface area (Å²) in [5.41, 5.74) is 1.26. The molecule has 2 saturated heterocycles. The Balaban J connectivity index is 1.51. The molecule has 2 fully saturated rings. The van der Waals surface area contributed by atoms with Crippen molar-refractivity contribution in [1.82, 2.24) is 10.2 Å². The van der Waals surface area contributed by atoms with Crippen LogP contribution in [0.2, 0.25) is 0 Å². The Hall–Kier alpha value is -1.44. The van der Waals surface area contributed by atoms with Gasteiger partial charge in [0, 0.05) is 19.3 Å². The molecule has 1 amide bonds. The molecule has 1 aromatic rings. The third kappa shape index (κ3) is 4.70. The topological polar surface area (TPSA) is 75.7 Å². The predicted octanol–water partition coefficient (Wildman–Crippen LogP) is 1.40. The number of nitrogens with one attached hydrogen (secondary N) is 1. The molecule has 2 aliphatic heterocycles. The number of carbonyl (C=O) groups is 1. The summed E-state index contributed by atoms with van der Waals surface area (Å²) in [7, 11) is -3.46. The molecule has 1 N–H and O–H groups in total. The van der Waals surface area contributed by atoms with Gasteiger partial charge in [0.2, 0.25) is 5.91 Å². The van der Waals surface area contributed by atoms with Crippen LogP contribution in [0.25, 0.3) is 0 Å². The lowest BCUT2D eigenvalue weighted by atomic mass is 9.94. The molecule has 6 nitrogen and oxygen atoms in total. The Morgan fingerprint density at radius 2 is 1.81 bits per heavy atom. The maximum absolute atomic E-state index is 13.1. The van der Waals surface area contributed by atoms with Crippen LogP contribution in [0, 0.1) is 0 Å². The number of carbonyl (C=O) groups excluding carboxylic acids is 1. The second-order valence-corrected chi connectivity index (χ2v) is 9.94. The Bertz CT molecular complexity index is 722. The highest BCUT2D eigenvalue weighted by Crippen LogP contribution is 2.31. The summed E-state index contributed by atoms with van der Waals surface area (Å²) in [5, 5.41) is 3.16. The Labute approximate surface area is 162 Å². The molecule has 2 heterocycles. The highest BCUT2D eigenvalue weighted by molar-refractivity contribution is 7.92. The van der Waals surface area contributed by atoms with Crippen LogP contribution in [0.3, 0.4) is 0 Å². The van der Waals surface area contributed by atoms with Gasteiger partial charge in [-0.3, -0.25) is 4.79 Å². The zero-order chi connectivity index (χ0) is 19.3. The van der Waals surface area contributed by atoms with Crippen LogP contribution >= 0.6 is 0 Å². The van der Waals surface area contributed by atoms with Crippen LogP contribution < -0.4 is 5.32 Å².